The summed E-state index contributed by atoms with van der Waals surface area (Å²) in [6.07, 6.45) is 3.60. The van der Waals surface area contributed by atoms with E-state index in [0.29, 0.717) is 19.1 Å². The Morgan fingerprint density at radius 2 is 2.04 bits per heavy atom. The molecule has 1 unspecified atom stereocenters. The fraction of sp³-hybridized carbons (Fsp3) is 0.579. The number of para-hydroxylation sites is 2. The third-order valence-corrected chi connectivity index (χ3v) is 5.21. The molecule has 2 heterocycles. The highest BCUT2D eigenvalue weighted by Gasteiger charge is 2.18. The third-order valence-electron chi connectivity index (χ3n) is 5.21. The first-order valence-electron chi connectivity index (χ1n) is 9.19. The topological polar surface area (TPSA) is 53.4 Å². The molecule has 1 fully saturated rings. The van der Waals surface area contributed by atoms with E-state index in [9.17, 15) is 4.79 Å². The monoisotopic (exact) mass is 343 g/mol. The van der Waals surface area contributed by atoms with E-state index in [4.69, 9.17) is 0 Å². The summed E-state index contributed by atoms with van der Waals surface area (Å²) in [5, 5.41) is 3.03. The van der Waals surface area contributed by atoms with Crippen LogP contribution >= 0.6 is 0 Å². The minimum Gasteiger partial charge on any atom is -0.338 e. The molecule has 136 valence electrons. The lowest BCUT2D eigenvalue weighted by molar-refractivity contribution is 0.201. The van der Waals surface area contributed by atoms with Gasteiger partial charge in [0.05, 0.1) is 17.6 Å². The van der Waals surface area contributed by atoms with E-state index < -0.39 is 0 Å². The van der Waals surface area contributed by atoms with Crippen LogP contribution in [0.3, 0.4) is 0 Å². The number of hydrogen-bond donors (Lipinski definition) is 1. The van der Waals surface area contributed by atoms with Crippen LogP contribution in [0.25, 0.3) is 11.0 Å². The Hall–Kier alpha value is -2.08. The maximum absolute atomic E-state index is 12.3. The lowest BCUT2D eigenvalue weighted by Crippen LogP contribution is -2.40. The fourth-order valence-corrected chi connectivity index (χ4v) is 3.51. The summed E-state index contributed by atoms with van der Waals surface area (Å²) in [4.78, 5) is 21.2. The lowest BCUT2D eigenvalue weighted by atomic mass is 10.2. The number of amides is 2. The van der Waals surface area contributed by atoms with E-state index in [1.165, 1.54) is 25.9 Å². The Bertz CT molecular complexity index is 720. The van der Waals surface area contributed by atoms with Gasteiger partial charge in [-0.3, -0.25) is 0 Å². The Balaban J connectivity index is 1.49. The van der Waals surface area contributed by atoms with Crippen LogP contribution < -0.4 is 5.32 Å². The average molecular weight is 343 g/mol. The van der Waals surface area contributed by atoms with E-state index in [-0.39, 0.29) is 6.03 Å². The molecule has 2 amide bonds. The molecule has 0 aliphatic carbocycles. The average Bonchev–Trinajstić information content (AvgIpc) is 3.24. The van der Waals surface area contributed by atoms with Gasteiger partial charge in [0.15, 0.2) is 0 Å². The maximum atomic E-state index is 12.3. The molecule has 3 rings (SSSR count). The SMILES string of the molecule is CC(CCNC(=O)N(C)Cc1nc2ccccc2n1C)N1CCCC1. The van der Waals surface area contributed by atoms with Crippen LogP contribution in [0, 0.1) is 0 Å². The van der Waals surface area contributed by atoms with Crippen LogP contribution in [0.5, 0.6) is 0 Å². The van der Waals surface area contributed by atoms with Crippen molar-refractivity contribution in [3.63, 3.8) is 0 Å². The molecule has 6 nitrogen and oxygen atoms in total. The quantitative estimate of drug-likeness (QED) is 0.877. The Morgan fingerprint density at radius 3 is 2.76 bits per heavy atom. The number of nitrogens with zero attached hydrogens (tertiary/aromatic N) is 4. The summed E-state index contributed by atoms with van der Waals surface area (Å²) in [6.45, 7) is 5.85. The predicted molar refractivity (Wildman–Crippen MR) is 100 cm³/mol. The van der Waals surface area contributed by atoms with Gasteiger partial charge in [-0.1, -0.05) is 12.1 Å². The van der Waals surface area contributed by atoms with Gasteiger partial charge in [0, 0.05) is 26.7 Å². The van der Waals surface area contributed by atoms with Crippen LogP contribution in [-0.2, 0) is 13.6 Å². The van der Waals surface area contributed by atoms with Crippen LogP contribution in [0.2, 0.25) is 0 Å². The van der Waals surface area contributed by atoms with Crippen molar-refractivity contribution in [3.05, 3.63) is 30.1 Å². The van der Waals surface area contributed by atoms with Gasteiger partial charge in [-0.15, -0.1) is 0 Å². The number of hydrogen-bond acceptors (Lipinski definition) is 3. The number of nitrogens with one attached hydrogen (secondary N) is 1. The molecule has 1 aliphatic heterocycles. The van der Waals surface area contributed by atoms with Crippen LogP contribution in [0.4, 0.5) is 4.79 Å². The lowest BCUT2D eigenvalue weighted by Gasteiger charge is -2.24. The molecule has 0 radical (unpaired) electrons. The van der Waals surface area contributed by atoms with Gasteiger partial charge >= 0.3 is 6.03 Å². The minimum atomic E-state index is -0.0410. The van der Waals surface area contributed by atoms with E-state index in [0.717, 1.165) is 23.3 Å². The number of likely N-dealkylation sites (tertiary alicyclic amines) is 1. The zero-order valence-electron chi connectivity index (χ0n) is 15.5. The largest absolute Gasteiger partial charge is 0.338 e. The smallest absolute Gasteiger partial charge is 0.317 e. The van der Waals surface area contributed by atoms with Gasteiger partial charge in [0.25, 0.3) is 0 Å². The summed E-state index contributed by atoms with van der Waals surface area (Å²) in [6, 6.07) is 8.53. The second-order valence-corrected chi connectivity index (χ2v) is 7.04. The molecule has 25 heavy (non-hydrogen) atoms. The number of imidazole rings is 1. The number of aromatic nitrogens is 2. The summed E-state index contributed by atoms with van der Waals surface area (Å²) in [7, 11) is 3.81. The molecule has 2 aromatic rings. The van der Waals surface area contributed by atoms with Crippen molar-refractivity contribution >= 4 is 17.1 Å². The van der Waals surface area contributed by atoms with Gasteiger partial charge < -0.3 is 19.7 Å². The van der Waals surface area contributed by atoms with Crippen molar-refractivity contribution in [2.24, 2.45) is 7.05 Å². The van der Waals surface area contributed by atoms with Gasteiger partial charge in [-0.25, -0.2) is 9.78 Å². The highest BCUT2D eigenvalue weighted by Crippen LogP contribution is 2.15. The van der Waals surface area contributed by atoms with Crippen LogP contribution in [-0.4, -0.2) is 58.1 Å². The standard InChI is InChI=1S/C19H29N5O/c1-15(24-12-6-7-13-24)10-11-20-19(25)22(2)14-18-21-16-8-4-5-9-17(16)23(18)3/h4-5,8-9,15H,6-7,10-14H2,1-3H3,(H,20,25). The summed E-state index contributed by atoms with van der Waals surface area (Å²) in [5.41, 5.74) is 2.05. The van der Waals surface area contributed by atoms with Gasteiger partial charge in [-0.2, -0.15) is 0 Å². The molecule has 1 atom stereocenters. The van der Waals surface area contributed by atoms with E-state index in [2.05, 4.69) is 26.7 Å². The van der Waals surface area contributed by atoms with E-state index >= 15 is 0 Å². The second-order valence-electron chi connectivity index (χ2n) is 7.04. The first-order chi connectivity index (χ1) is 12.1. The number of carbonyl (C=O) groups is 1. The summed E-state index contributed by atoms with van der Waals surface area (Å²) < 4.78 is 2.05. The summed E-state index contributed by atoms with van der Waals surface area (Å²) >= 11 is 0. The Morgan fingerprint density at radius 1 is 1.32 bits per heavy atom. The maximum Gasteiger partial charge on any atom is 0.317 e. The first-order valence-corrected chi connectivity index (χ1v) is 9.19. The third kappa shape index (κ3) is 4.12. The summed E-state index contributed by atoms with van der Waals surface area (Å²) in [5.74, 6) is 0.893. The zero-order chi connectivity index (χ0) is 17.8. The molecule has 0 bridgehead atoms. The normalized spacial score (nSPS) is 16.3. The molecule has 1 aromatic heterocycles. The Labute approximate surface area is 149 Å². The molecule has 6 heteroatoms. The molecule has 0 spiro atoms. The van der Waals surface area contributed by atoms with Crippen molar-refractivity contribution < 1.29 is 4.79 Å². The highest BCUT2D eigenvalue weighted by molar-refractivity contribution is 5.76. The van der Waals surface area contributed by atoms with E-state index in [1.807, 2.05) is 38.4 Å². The predicted octanol–water partition coefficient (Wildman–Crippen LogP) is 2.59. The van der Waals surface area contributed by atoms with Crippen molar-refractivity contribution in [2.75, 3.05) is 26.7 Å². The molecule has 0 saturated carbocycles. The fourth-order valence-electron chi connectivity index (χ4n) is 3.51. The van der Waals surface area contributed by atoms with Crippen molar-refractivity contribution in [2.45, 2.75) is 38.8 Å². The Kier molecular flexibility index (Phi) is 5.58. The van der Waals surface area contributed by atoms with Crippen molar-refractivity contribution in [3.8, 4) is 0 Å². The number of aryl methyl sites for hydroxylation is 1. The number of benzene rings is 1. The molecule has 1 saturated heterocycles. The highest BCUT2D eigenvalue weighted by atomic mass is 16.2. The van der Waals surface area contributed by atoms with Crippen LogP contribution in [0.1, 0.15) is 32.0 Å². The van der Waals surface area contributed by atoms with Crippen molar-refractivity contribution in [1.82, 2.24) is 24.7 Å². The number of fused-ring (bicyclic) bond motifs is 1. The second kappa shape index (κ2) is 7.87. The number of carbonyl (C=O) groups excluding carboxylic acids is 1. The van der Waals surface area contributed by atoms with Crippen molar-refractivity contribution in [1.29, 1.82) is 0 Å². The molecule has 1 aliphatic rings. The molecular formula is C19H29N5O. The minimum absolute atomic E-state index is 0.0410. The number of rotatable bonds is 6. The number of urea groups is 1. The molecular weight excluding hydrogens is 314 g/mol. The molecule has 1 aromatic carbocycles. The van der Waals surface area contributed by atoms with E-state index in [1.54, 1.807) is 4.90 Å². The van der Waals surface area contributed by atoms with Gasteiger partial charge in [-0.05, 0) is 51.4 Å². The van der Waals surface area contributed by atoms with Gasteiger partial charge in [0.1, 0.15) is 5.82 Å². The first kappa shape index (κ1) is 17.7. The van der Waals surface area contributed by atoms with Gasteiger partial charge in [0.2, 0.25) is 0 Å². The molecule has 1 N–H and O–H groups in total. The zero-order valence-corrected chi connectivity index (χ0v) is 15.5. The van der Waals surface area contributed by atoms with Crippen LogP contribution in [0.15, 0.2) is 24.3 Å².